The highest BCUT2D eigenvalue weighted by atomic mass is 16.6. The van der Waals surface area contributed by atoms with Crippen molar-refractivity contribution in [2.24, 2.45) is 0 Å². The molecule has 0 unspecified atom stereocenters. The van der Waals surface area contributed by atoms with E-state index in [-0.39, 0.29) is 0 Å². The van der Waals surface area contributed by atoms with Crippen LogP contribution in [-0.2, 0) is 9.47 Å². The van der Waals surface area contributed by atoms with Gasteiger partial charge in [0.15, 0.2) is 0 Å². The Kier molecular flexibility index (Phi) is 2.26. The van der Waals surface area contributed by atoms with E-state index >= 15 is 0 Å². The number of fused-ring (bicyclic) bond motifs is 1. The monoisotopic (exact) mass is 204 g/mol. The number of rotatable bonds is 2. The summed E-state index contributed by atoms with van der Waals surface area (Å²) in [7, 11) is 0. The second kappa shape index (κ2) is 3.62. The van der Waals surface area contributed by atoms with Crippen LogP contribution < -0.4 is 0 Å². The van der Waals surface area contributed by atoms with E-state index < -0.39 is 0 Å². The lowest BCUT2D eigenvalue weighted by atomic mass is 9.91. The lowest BCUT2D eigenvalue weighted by Crippen LogP contribution is -2.29. The third kappa shape index (κ3) is 1.80. The van der Waals surface area contributed by atoms with E-state index in [9.17, 15) is 0 Å². The van der Waals surface area contributed by atoms with Crippen molar-refractivity contribution in [3.05, 3.63) is 35.9 Å². The van der Waals surface area contributed by atoms with Gasteiger partial charge < -0.3 is 9.47 Å². The number of hydrogen-bond acceptors (Lipinski definition) is 2. The van der Waals surface area contributed by atoms with E-state index in [1.54, 1.807) is 0 Å². The molecule has 0 spiro atoms. The van der Waals surface area contributed by atoms with Crippen LogP contribution in [0.5, 0.6) is 0 Å². The quantitative estimate of drug-likeness (QED) is 0.690. The van der Waals surface area contributed by atoms with Gasteiger partial charge in [0.1, 0.15) is 6.10 Å². The van der Waals surface area contributed by atoms with Crippen LogP contribution in [0, 0.1) is 0 Å². The largest absolute Gasteiger partial charge is 0.375 e. The van der Waals surface area contributed by atoms with E-state index in [4.69, 9.17) is 9.47 Å². The Bertz CT molecular complexity index is 336. The van der Waals surface area contributed by atoms with Crippen molar-refractivity contribution < 1.29 is 9.47 Å². The second-order valence-corrected chi connectivity index (χ2v) is 4.52. The Morgan fingerprint density at radius 3 is 2.73 bits per heavy atom. The van der Waals surface area contributed by atoms with Crippen LogP contribution in [0.2, 0.25) is 0 Å². The van der Waals surface area contributed by atoms with Crippen molar-refractivity contribution in [2.75, 3.05) is 6.61 Å². The Hall–Kier alpha value is -0.860. The summed E-state index contributed by atoms with van der Waals surface area (Å²) in [5, 5.41) is 0. The minimum atomic E-state index is 0.330. The summed E-state index contributed by atoms with van der Waals surface area (Å²) < 4.78 is 11.3. The molecule has 2 heterocycles. The van der Waals surface area contributed by atoms with Gasteiger partial charge in [0.05, 0.1) is 18.8 Å². The fourth-order valence-corrected chi connectivity index (χ4v) is 2.37. The van der Waals surface area contributed by atoms with Crippen molar-refractivity contribution in [1.29, 1.82) is 0 Å². The first-order valence-electron chi connectivity index (χ1n) is 5.66. The van der Waals surface area contributed by atoms with Crippen LogP contribution >= 0.6 is 0 Å². The van der Waals surface area contributed by atoms with Gasteiger partial charge in [0.2, 0.25) is 0 Å². The van der Waals surface area contributed by atoms with Crippen LogP contribution in [0.15, 0.2) is 30.3 Å². The van der Waals surface area contributed by atoms with Crippen molar-refractivity contribution in [1.82, 2.24) is 0 Å². The minimum Gasteiger partial charge on any atom is -0.375 e. The van der Waals surface area contributed by atoms with Gasteiger partial charge in [-0.1, -0.05) is 37.3 Å². The molecule has 2 heteroatoms. The Labute approximate surface area is 90.2 Å². The van der Waals surface area contributed by atoms with Gasteiger partial charge in [0.25, 0.3) is 0 Å². The van der Waals surface area contributed by atoms with E-state index in [0.717, 1.165) is 13.0 Å². The Balaban J connectivity index is 1.71. The van der Waals surface area contributed by atoms with Gasteiger partial charge in [-0.05, 0) is 5.56 Å². The molecule has 3 rings (SSSR count). The molecule has 2 saturated heterocycles. The maximum atomic E-state index is 5.82. The Morgan fingerprint density at radius 1 is 1.20 bits per heavy atom. The molecule has 2 aliphatic rings. The van der Waals surface area contributed by atoms with Crippen LogP contribution in [0.4, 0.5) is 0 Å². The SMILES string of the molecule is C[C@H](c1ccccc1)[C@@H]1C[C@H]2O[C@H]2CO1. The lowest BCUT2D eigenvalue weighted by molar-refractivity contribution is 0.0156. The third-order valence-corrected chi connectivity index (χ3v) is 3.51. The van der Waals surface area contributed by atoms with Gasteiger partial charge in [0, 0.05) is 12.3 Å². The number of epoxide rings is 1. The molecule has 2 nitrogen and oxygen atoms in total. The first-order chi connectivity index (χ1) is 7.34. The maximum absolute atomic E-state index is 5.82. The molecule has 2 fully saturated rings. The van der Waals surface area contributed by atoms with Gasteiger partial charge in [-0.2, -0.15) is 0 Å². The van der Waals surface area contributed by atoms with Crippen LogP contribution in [0.3, 0.4) is 0 Å². The van der Waals surface area contributed by atoms with E-state index in [1.807, 2.05) is 0 Å². The van der Waals surface area contributed by atoms with Gasteiger partial charge in [-0.3, -0.25) is 0 Å². The molecule has 0 N–H and O–H groups in total. The van der Waals surface area contributed by atoms with Crippen molar-refractivity contribution in [2.45, 2.75) is 37.6 Å². The van der Waals surface area contributed by atoms with Gasteiger partial charge in [-0.25, -0.2) is 0 Å². The second-order valence-electron chi connectivity index (χ2n) is 4.52. The molecule has 0 radical (unpaired) electrons. The molecule has 80 valence electrons. The predicted octanol–water partition coefficient (Wildman–Crippen LogP) is 2.35. The first kappa shape index (κ1) is 9.37. The van der Waals surface area contributed by atoms with Gasteiger partial charge in [-0.15, -0.1) is 0 Å². The number of benzene rings is 1. The highest BCUT2D eigenvalue weighted by molar-refractivity contribution is 5.20. The topological polar surface area (TPSA) is 21.8 Å². The zero-order valence-electron chi connectivity index (χ0n) is 8.93. The van der Waals surface area contributed by atoms with E-state index in [0.29, 0.717) is 24.2 Å². The molecular formula is C13H16O2. The molecule has 1 aromatic carbocycles. The van der Waals surface area contributed by atoms with Crippen LogP contribution in [0.25, 0.3) is 0 Å². The summed E-state index contributed by atoms with van der Waals surface area (Å²) in [4.78, 5) is 0. The number of ether oxygens (including phenoxy) is 2. The Morgan fingerprint density at radius 2 is 2.00 bits per heavy atom. The first-order valence-corrected chi connectivity index (χ1v) is 5.66. The zero-order chi connectivity index (χ0) is 10.3. The summed E-state index contributed by atoms with van der Waals surface area (Å²) in [5.41, 5.74) is 1.36. The van der Waals surface area contributed by atoms with Crippen LogP contribution in [-0.4, -0.2) is 24.9 Å². The fraction of sp³-hybridized carbons (Fsp3) is 0.538. The molecule has 0 amide bonds. The zero-order valence-corrected chi connectivity index (χ0v) is 8.93. The molecule has 0 bridgehead atoms. The summed E-state index contributed by atoms with van der Waals surface area (Å²) in [6.07, 6.45) is 2.27. The molecule has 15 heavy (non-hydrogen) atoms. The predicted molar refractivity (Wildman–Crippen MR) is 57.9 cm³/mol. The number of hydrogen-bond donors (Lipinski definition) is 0. The highest BCUT2D eigenvalue weighted by Crippen LogP contribution is 2.37. The highest BCUT2D eigenvalue weighted by Gasteiger charge is 2.46. The molecular weight excluding hydrogens is 188 g/mol. The molecule has 0 aromatic heterocycles. The minimum absolute atomic E-state index is 0.330. The summed E-state index contributed by atoms with van der Waals surface area (Å²) in [6, 6.07) is 10.6. The molecule has 4 atom stereocenters. The molecule has 0 saturated carbocycles. The average Bonchev–Trinajstić information content (AvgIpc) is 3.07. The molecule has 1 aromatic rings. The maximum Gasteiger partial charge on any atom is 0.108 e. The molecule has 0 aliphatic carbocycles. The lowest BCUT2D eigenvalue weighted by Gasteiger charge is -2.26. The fourth-order valence-electron chi connectivity index (χ4n) is 2.37. The molecule has 2 aliphatic heterocycles. The average molecular weight is 204 g/mol. The van der Waals surface area contributed by atoms with Crippen molar-refractivity contribution in [3.8, 4) is 0 Å². The standard InChI is InChI=1S/C13H16O2/c1-9(10-5-3-2-4-6-10)11-7-12-13(15-12)8-14-11/h2-6,9,11-13H,7-8H2,1H3/t9-,11+,12-,13+/m1/s1. The third-order valence-electron chi connectivity index (χ3n) is 3.51. The van der Waals surface area contributed by atoms with Crippen molar-refractivity contribution >= 4 is 0 Å². The van der Waals surface area contributed by atoms with E-state index in [2.05, 4.69) is 37.3 Å². The summed E-state index contributed by atoms with van der Waals surface area (Å²) >= 11 is 0. The van der Waals surface area contributed by atoms with E-state index in [1.165, 1.54) is 5.56 Å². The summed E-state index contributed by atoms with van der Waals surface area (Å²) in [6.45, 7) is 3.02. The smallest absolute Gasteiger partial charge is 0.108 e. The van der Waals surface area contributed by atoms with Gasteiger partial charge >= 0.3 is 0 Å². The normalized spacial score (nSPS) is 35.7. The van der Waals surface area contributed by atoms with Crippen molar-refractivity contribution in [3.63, 3.8) is 0 Å². The summed E-state index contributed by atoms with van der Waals surface area (Å²) in [5.74, 6) is 0.469. The van der Waals surface area contributed by atoms with Crippen LogP contribution in [0.1, 0.15) is 24.8 Å².